The van der Waals surface area contributed by atoms with Crippen LogP contribution in [0.2, 0.25) is 0 Å². The number of carbonyl (C=O) groups excluding carboxylic acids is 3. The number of amides is 4. The SMILES string of the molecule is CC(C)(C)N(C(=O)O)[C@@H](C(=O)N1CCC[C@H]1C(=O)Nc1ccc2[nH]c(-c3ccc(N4CCCC4=O)cc3)c(F)c2c1)c1ccccc1. The van der Waals surface area contributed by atoms with Crippen molar-refractivity contribution >= 4 is 46.1 Å². The van der Waals surface area contributed by atoms with Gasteiger partial charge < -0.3 is 25.2 Å². The predicted molar refractivity (Wildman–Crippen MR) is 177 cm³/mol. The molecular formula is C36H38FN5O5. The van der Waals surface area contributed by atoms with Crippen LogP contribution in [-0.2, 0) is 14.4 Å². The van der Waals surface area contributed by atoms with E-state index in [2.05, 4.69) is 10.3 Å². The number of aromatic amines is 1. The zero-order valence-electron chi connectivity index (χ0n) is 26.6. The number of likely N-dealkylation sites (tertiary alicyclic amines) is 1. The molecule has 0 unspecified atom stereocenters. The summed E-state index contributed by atoms with van der Waals surface area (Å²) < 4.78 is 15.7. The maximum atomic E-state index is 15.7. The average molecular weight is 640 g/mol. The number of carboxylic acid groups (broad SMARTS) is 1. The molecule has 244 valence electrons. The van der Waals surface area contributed by atoms with Crippen molar-refractivity contribution in [1.29, 1.82) is 0 Å². The second-order valence-electron chi connectivity index (χ2n) is 13.1. The third-order valence-corrected chi connectivity index (χ3v) is 8.92. The Morgan fingerprint density at radius 2 is 1.72 bits per heavy atom. The molecule has 2 saturated heterocycles. The molecular weight excluding hydrogens is 601 g/mol. The molecule has 2 atom stereocenters. The van der Waals surface area contributed by atoms with Crippen LogP contribution in [0.1, 0.15) is 58.1 Å². The molecule has 11 heteroatoms. The van der Waals surface area contributed by atoms with Crippen molar-refractivity contribution in [3.8, 4) is 11.3 Å². The minimum absolute atomic E-state index is 0.0809. The van der Waals surface area contributed by atoms with Gasteiger partial charge in [-0.05, 0) is 75.9 Å². The number of nitrogens with zero attached hydrogens (tertiary/aromatic N) is 3. The van der Waals surface area contributed by atoms with Crippen LogP contribution >= 0.6 is 0 Å². The molecule has 10 nitrogen and oxygen atoms in total. The Bertz CT molecular complexity index is 1830. The van der Waals surface area contributed by atoms with Gasteiger partial charge in [0.25, 0.3) is 5.91 Å². The summed E-state index contributed by atoms with van der Waals surface area (Å²) >= 11 is 0. The van der Waals surface area contributed by atoms with E-state index in [0.717, 1.165) is 17.0 Å². The fourth-order valence-corrected chi connectivity index (χ4v) is 6.67. The highest BCUT2D eigenvalue weighted by Crippen LogP contribution is 2.35. The van der Waals surface area contributed by atoms with Crippen molar-refractivity contribution in [3.63, 3.8) is 0 Å². The number of benzene rings is 3. The molecule has 1 aromatic heterocycles. The van der Waals surface area contributed by atoms with Gasteiger partial charge in [-0.15, -0.1) is 0 Å². The number of aromatic nitrogens is 1. The number of rotatable bonds is 7. The molecule has 0 aliphatic carbocycles. The van der Waals surface area contributed by atoms with Crippen LogP contribution in [0.15, 0.2) is 72.8 Å². The van der Waals surface area contributed by atoms with E-state index >= 15 is 4.39 Å². The van der Waals surface area contributed by atoms with Crippen LogP contribution in [0, 0.1) is 5.82 Å². The van der Waals surface area contributed by atoms with Crippen molar-refractivity contribution in [3.05, 3.63) is 84.2 Å². The van der Waals surface area contributed by atoms with E-state index in [1.54, 1.807) is 86.3 Å². The lowest BCUT2D eigenvalue weighted by Crippen LogP contribution is -2.54. The summed E-state index contributed by atoms with van der Waals surface area (Å²) in [6, 6.07) is 18.8. The highest BCUT2D eigenvalue weighted by Gasteiger charge is 2.44. The molecule has 2 aliphatic heterocycles. The van der Waals surface area contributed by atoms with Crippen molar-refractivity contribution in [2.24, 2.45) is 0 Å². The fraction of sp³-hybridized carbons (Fsp3) is 0.333. The van der Waals surface area contributed by atoms with Crippen molar-refractivity contribution < 1.29 is 28.7 Å². The number of halogens is 1. The number of nitrogens with one attached hydrogen (secondary N) is 2. The quantitative estimate of drug-likeness (QED) is 0.212. The number of hydrogen-bond acceptors (Lipinski definition) is 4. The Hall–Kier alpha value is -5.19. The summed E-state index contributed by atoms with van der Waals surface area (Å²) in [7, 11) is 0. The van der Waals surface area contributed by atoms with Gasteiger partial charge >= 0.3 is 6.09 Å². The fourth-order valence-electron chi connectivity index (χ4n) is 6.67. The summed E-state index contributed by atoms with van der Waals surface area (Å²) in [4.78, 5) is 59.8. The second kappa shape index (κ2) is 12.5. The highest BCUT2D eigenvalue weighted by molar-refractivity contribution is 6.01. The van der Waals surface area contributed by atoms with E-state index in [9.17, 15) is 24.3 Å². The summed E-state index contributed by atoms with van der Waals surface area (Å²) in [6.07, 6.45) is 1.10. The van der Waals surface area contributed by atoms with E-state index in [0.29, 0.717) is 65.8 Å². The standard InChI is InChI=1S/C36H38FN5O5/c1-36(2,3)42(35(46)47)32(23-9-5-4-6-10-23)34(45)41-20-7-11-28(41)33(44)38-24-15-18-27-26(21-24)30(37)31(39-27)22-13-16-25(17-14-22)40-19-8-12-29(40)43/h4-6,9-10,13-18,21,28,32,39H,7-8,11-12,19-20H2,1-3H3,(H,38,44)(H,46,47)/t28-,32+/m0/s1. The molecule has 47 heavy (non-hydrogen) atoms. The number of carbonyl (C=O) groups is 4. The Morgan fingerprint density at radius 1 is 1.00 bits per heavy atom. The topological polar surface area (TPSA) is 126 Å². The molecule has 2 fully saturated rings. The summed E-state index contributed by atoms with van der Waals surface area (Å²) in [5, 5.41) is 13.3. The van der Waals surface area contributed by atoms with Gasteiger partial charge in [0, 0.05) is 52.9 Å². The van der Waals surface area contributed by atoms with Crippen molar-refractivity contribution in [2.45, 2.75) is 64.1 Å². The molecule has 6 rings (SSSR count). The van der Waals surface area contributed by atoms with Gasteiger partial charge in [0.05, 0.1) is 5.69 Å². The molecule has 3 N–H and O–H groups in total. The second-order valence-corrected chi connectivity index (χ2v) is 13.1. The first kappa shape index (κ1) is 31.8. The van der Waals surface area contributed by atoms with E-state index in [4.69, 9.17) is 0 Å². The maximum absolute atomic E-state index is 15.7. The van der Waals surface area contributed by atoms with Gasteiger partial charge in [0.2, 0.25) is 11.8 Å². The van der Waals surface area contributed by atoms with Crippen LogP contribution in [0.3, 0.4) is 0 Å². The van der Waals surface area contributed by atoms with Gasteiger partial charge in [-0.3, -0.25) is 19.3 Å². The average Bonchev–Trinajstić information content (AvgIpc) is 3.78. The first-order valence-corrected chi connectivity index (χ1v) is 15.8. The van der Waals surface area contributed by atoms with Gasteiger partial charge in [-0.1, -0.05) is 42.5 Å². The molecule has 2 aliphatic rings. The Balaban J connectivity index is 1.22. The number of H-pyrrole nitrogens is 1. The minimum Gasteiger partial charge on any atom is -0.465 e. The first-order valence-electron chi connectivity index (χ1n) is 15.8. The Labute approximate surface area is 272 Å². The molecule has 4 aromatic rings. The molecule has 3 heterocycles. The third-order valence-electron chi connectivity index (χ3n) is 8.92. The summed E-state index contributed by atoms with van der Waals surface area (Å²) in [5.74, 6) is -1.29. The lowest BCUT2D eigenvalue weighted by molar-refractivity contribution is -0.142. The van der Waals surface area contributed by atoms with Crippen molar-refractivity contribution in [1.82, 2.24) is 14.8 Å². The number of anilines is 2. The van der Waals surface area contributed by atoms with Gasteiger partial charge in [-0.25, -0.2) is 9.18 Å². The Morgan fingerprint density at radius 3 is 2.36 bits per heavy atom. The van der Waals surface area contributed by atoms with E-state index in [1.807, 2.05) is 12.1 Å². The molecule has 3 aromatic carbocycles. The normalized spacial score (nSPS) is 17.3. The zero-order valence-corrected chi connectivity index (χ0v) is 26.6. The maximum Gasteiger partial charge on any atom is 0.408 e. The van der Waals surface area contributed by atoms with E-state index in [1.165, 1.54) is 4.90 Å². The molecule has 0 spiro atoms. The number of fused-ring (bicyclic) bond motifs is 1. The van der Waals surface area contributed by atoms with Crippen LogP contribution in [-0.4, -0.2) is 68.4 Å². The van der Waals surface area contributed by atoms with Crippen LogP contribution in [0.5, 0.6) is 0 Å². The van der Waals surface area contributed by atoms with Gasteiger partial charge in [0.15, 0.2) is 5.82 Å². The predicted octanol–water partition coefficient (Wildman–Crippen LogP) is 6.55. The minimum atomic E-state index is -1.24. The summed E-state index contributed by atoms with van der Waals surface area (Å²) in [5.41, 5.74) is 2.24. The summed E-state index contributed by atoms with van der Waals surface area (Å²) in [6.45, 7) is 6.16. The van der Waals surface area contributed by atoms with Gasteiger partial charge in [0.1, 0.15) is 12.1 Å². The Kier molecular flexibility index (Phi) is 8.48. The van der Waals surface area contributed by atoms with Gasteiger partial charge in [-0.2, -0.15) is 0 Å². The third kappa shape index (κ3) is 6.17. The number of hydrogen-bond donors (Lipinski definition) is 3. The molecule has 0 radical (unpaired) electrons. The highest BCUT2D eigenvalue weighted by atomic mass is 19.1. The van der Waals surface area contributed by atoms with E-state index in [-0.39, 0.29) is 5.91 Å². The van der Waals surface area contributed by atoms with Crippen LogP contribution in [0.4, 0.5) is 20.6 Å². The van der Waals surface area contributed by atoms with Crippen LogP contribution in [0.25, 0.3) is 22.2 Å². The lowest BCUT2D eigenvalue weighted by atomic mass is 9.97. The molecule has 0 saturated carbocycles. The lowest BCUT2D eigenvalue weighted by Gasteiger charge is -2.41. The largest absolute Gasteiger partial charge is 0.465 e. The monoisotopic (exact) mass is 639 g/mol. The zero-order chi connectivity index (χ0) is 33.5. The van der Waals surface area contributed by atoms with Crippen molar-refractivity contribution in [2.75, 3.05) is 23.3 Å². The smallest absolute Gasteiger partial charge is 0.408 e. The van der Waals surface area contributed by atoms with E-state index < -0.39 is 41.3 Å². The molecule has 0 bridgehead atoms. The molecule has 4 amide bonds. The van der Waals surface area contributed by atoms with Crippen LogP contribution < -0.4 is 10.2 Å². The first-order chi connectivity index (χ1) is 22.4.